The van der Waals surface area contributed by atoms with Gasteiger partial charge < -0.3 is 15.3 Å². The average molecular weight is 283 g/mol. The zero-order valence-electron chi connectivity index (χ0n) is 10.5. The van der Waals surface area contributed by atoms with Gasteiger partial charge in [-0.15, -0.1) is 11.3 Å². The number of hydrogen-bond acceptors (Lipinski definition) is 4. The topological polar surface area (TPSA) is 82.5 Å². The van der Waals surface area contributed by atoms with E-state index in [0.29, 0.717) is 19.6 Å². The Balaban J connectivity index is 1.71. The number of aliphatic carboxylic acids is 1. The van der Waals surface area contributed by atoms with Gasteiger partial charge in [0.25, 0.3) is 0 Å². The zero-order valence-corrected chi connectivity index (χ0v) is 11.4. The summed E-state index contributed by atoms with van der Waals surface area (Å²) in [7, 11) is 0. The Labute approximate surface area is 115 Å². The summed E-state index contributed by atoms with van der Waals surface area (Å²) in [5, 5.41) is 11.6. The summed E-state index contributed by atoms with van der Waals surface area (Å²) in [4.78, 5) is 29.2. The summed E-state index contributed by atoms with van der Waals surface area (Å²) in [5.74, 6) is -0.559. The van der Waals surface area contributed by atoms with E-state index in [4.69, 9.17) is 5.11 Å². The number of amides is 2. The van der Waals surface area contributed by atoms with Crippen LogP contribution in [-0.4, -0.2) is 40.1 Å². The molecule has 7 heteroatoms. The number of aromatic nitrogens is 1. The molecule has 2 heterocycles. The largest absolute Gasteiger partial charge is 0.481 e. The van der Waals surface area contributed by atoms with Gasteiger partial charge in [-0.3, -0.25) is 9.78 Å². The van der Waals surface area contributed by atoms with Gasteiger partial charge in [0.15, 0.2) is 0 Å². The van der Waals surface area contributed by atoms with Crippen molar-refractivity contribution in [2.75, 3.05) is 13.1 Å². The third-order valence-electron chi connectivity index (χ3n) is 3.26. The minimum atomic E-state index is -0.756. The zero-order chi connectivity index (χ0) is 13.7. The Hall–Kier alpha value is -1.63. The SMILES string of the molecule is O=C(O)CC1CCN(C(=O)NCc2cncs2)CC1. The summed E-state index contributed by atoms with van der Waals surface area (Å²) in [6.07, 6.45) is 3.47. The molecule has 1 saturated heterocycles. The van der Waals surface area contributed by atoms with Crippen LogP contribution in [0.25, 0.3) is 0 Å². The Bertz CT molecular complexity index is 427. The maximum atomic E-state index is 11.9. The fraction of sp³-hybridized carbons (Fsp3) is 0.583. The molecular weight excluding hydrogens is 266 g/mol. The molecule has 0 radical (unpaired) electrons. The van der Waals surface area contributed by atoms with Crippen molar-refractivity contribution >= 4 is 23.3 Å². The van der Waals surface area contributed by atoms with E-state index in [0.717, 1.165) is 17.7 Å². The van der Waals surface area contributed by atoms with Gasteiger partial charge in [0.2, 0.25) is 0 Å². The number of carboxylic acids is 1. The van der Waals surface area contributed by atoms with Crippen LogP contribution in [0.1, 0.15) is 24.1 Å². The number of thiazole rings is 1. The molecule has 0 unspecified atom stereocenters. The highest BCUT2D eigenvalue weighted by atomic mass is 32.1. The molecule has 1 aromatic heterocycles. The first kappa shape index (κ1) is 13.8. The van der Waals surface area contributed by atoms with Crippen LogP contribution in [0.3, 0.4) is 0 Å². The third-order valence-corrected chi connectivity index (χ3v) is 4.04. The van der Waals surface area contributed by atoms with Gasteiger partial charge in [-0.05, 0) is 18.8 Å². The smallest absolute Gasteiger partial charge is 0.317 e. The van der Waals surface area contributed by atoms with Crippen molar-refractivity contribution in [3.63, 3.8) is 0 Å². The molecular formula is C12H17N3O3S. The van der Waals surface area contributed by atoms with Gasteiger partial charge in [-0.1, -0.05) is 0 Å². The van der Waals surface area contributed by atoms with Crippen molar-refractivity contribution < 1.29 is 14.7 Å². The van der Waals surface area contributed by atoms with Crippen LogP contribution in [-0.2, 0) is 11.3 Å². The summed E-state index contributed by atoms with van der Waals surface area (Å²) in [6, 6.07) is -0.0813. The van der Waals surface area contributed by atoms with E-state index in [1.807, 2.05) is 0 Å². The number of carbonyl (C=O) groups excluding carboxylic acids is 1. The van der Waals surface area contributed by atoms with Gasteiger partial charge in [0.05, 0.1) is 12.1 Å². The van der Waals surface area contributed by atoms with Gasteiger partial charge in [-0.2, -0.15) is 0 Å². The van der Waals surface area contributed by atoms with Crippen molar-refractivity contribution in [2.45, 2.75) is 25.8 Å². The highest BCUT2D eigenvalue weighted by Gasteiger charge is 2.24. The lowest BCUT2D eigenvalue weighted by molar-refractivity contribution is -0.138. The summed E-state index contributed by atoms with van der Waals surface area (Å²) in [6.45, 7) is 1.76. The lowest BCUT2D eigenvalue weighted by Crippen LogP contribution is -2.44. The number of rotatable bonds is 4. The molecule has 2 amide bonds. The quantitative estimate of drug-likeness (QED) is 0.878. The van der Waals surface area contributed by atoms with Crippen molar-refractivity contribution in [1.82, 2.24) is 15.2 Å². The molecule has 6 nitrogen and oxygen atoms in total. The van der Waals surface area contributed by atoms with E-state index in [1.165, 1.54) is 11.3 Å². The number of urea groups is 1. The van der Waals surface area contributed by atoms with Crippen molar-refractivity contribution in [1.29, 1.82) is 0 Å². The second-order valence-electron chi connectivity index (χ2n) is 4.65. The molecule has 104 valence electrons. The second-order valence-corrected chi connectivity index (χ2v) is 5.63. The van der Waals surface area contributed by atoms with E-state index in [2.05, 4.69) is 10.3 Å². The number of piperidine rings is 1. The summed E-state index contributed by atoms with van der Waals surface area (Å²) in [5.41, 5.74) is 1.74. The summed E-state index contributed by atoms with van der Waals surface area (Å²) < 4.78 is 0. The Morgan fingerprint density at radius 2 is 2.21 bits per heavy atom. The Morgan fingerprint density at radius 3 is 2.79 bits per heavy atom. The highest BCUT2D eigenvalue weighted by molar-refractivity contribution is 7.09. The molecule has 19 heavy (non-hydrogen) atoms. The number of nitrogens with one attached hydrogen (secondary N) is 1. The van der Waals surface area contributed by atoms with Crippen molar-refractivity contribution in [2.24, 2.45) is 5.92 Å². The maximum absolute atomic E-state index is 11.9. The third kappa shape index (κ3) is 4.20. The van der Waals surface area contributed by atoms with Crippen LogP contribution in [0, 0.1) is 5.92 Å². The first-order valence-electron chi connectivity index (χ1n) is 6.27. The van der Waals surface area contributed by atoms with Crippen LogP contribution in [0.5, 0.6) is 0 Å². The monoisotopic (exact) mass is 283 g/mol. The Morgan fingerprint density at radius 1 is 1.47 bits per heavy atom. The lowest BCUT2D eigenvalue weighted by atomic mass is 9.94. The van der Waals surface area contributed by atoms with Gasteiger partial charge in [0.1, 0.15) is 0 Å². The average Bonchev–Trinajstić information content (AvgIpc) is 2.89. The van der Waals surface area contributed by atoms with Crippen molar-refractivity contribution in [3.8, 4) is 0 Å². The predicted octanol–water partition coefficient (Wildman–Crippen LogP) is 1.54. The minimum absolute atomic E-state index is 0.0813. The number of likely N-dealkylation sites (tertiary alicyclic amines) is 1. The first-order chi connectivity index (χ1) is 9.15. The number of nitrogens with zero attached hydrogens (tertiary/aromatic N) is 2. The molecule has 2 rings (SSSR count). The summed E-state index contributed by atoms with van der Waals surface area (Å²) >= 11 is 1.51. The van der Waals surface area contributed by atoms with E-state index in [9.17, 15) is 9.59 Å². The maximum Gasteiger partial charge on any atom is 0.317 e. The second kappa shape index (κ2) is 6.51. The fourth-order valence-corrected chi connectivity index (χ4v) is 2.73. The first-order valence-corrected chi connectivity index (χ1v) is 7.15. The normalized spacial score (nSPS) is 16.3. The highest BCUT2D eigenvalue weighted by Crippen LogP contribution is 2.20. The molecule has 2 N–H and O–H groups in total. The number of carbonyl (C=O) groups is 2. The standard InChI is InChI=1S/C12H17N3O3S/c16-11(17)5-9-1-3-15(4-2-9)12(18)14-7-10-6-13-8-19-10/h6,8-9H,1-5,7H2,(H,14,18)(H,16,17). The molecule has 1 aliphatic rings. The molecule has 0 saturated carbocycles. The predicted molar refractivity (Wildman–Crippen MR) is 70.9 cm³/mol. The lowest BCUT2D eigenvalue weighted by Gasteiger charge is -2.31. The molecule has 1 fully saturated rings. The molecule has 0 aliphatic carbocycles. The molecule has 0 atom stereocenters. The van der Waals surface area contributed by atoms with Crippen LogP contribution >= 0.6 is 11.3 Å². The van der Waals surface area contributed by atoms with Crippen LogP contribution < -0.4 is 5.32 Å². The molecule has 0 spiro atoms. The molecule has 1 aromatic rings. The minimum Gasteiger partial charge on any atom is -0.481 e. The van der Waals surface area contributed by atoms with E-state index >= 15 is 0 Å². The fourth-order valence-electron chi connectivity index (χ4n) is 2.19. The molecule has 0 aromatic carbocycles. The van der Waals surface area contributed by atoms with Crippen LogP contribution in [0.15, 0.2) is 11.7 Å². The van der Waals surface area contributed by atoms with Gasteiger partial charge >= 0.3 is 12.0 Å². The van der Waals surface area contributed by atoms with E-state index in [-0.39, 0.29) is 18.4 Å². The van der Waals surface area contributed by atoms with Crippen LogP contribution in [0.4, 0.5) is 4.79 Å². The number of hydrogen-bond donors (Lipinski definition) is 2. The van der Waals surface area contributed by atoms with Gasteiger partial charge in [-0.25, -0.2) is 4.79 Å². The molecule has 1 aliphatic heterocycles. The van der Waals surface area contributed by atoms with Gasteiger partial charge in [0, 0.05) is 30.6 Å². The van der Waals surface area contributed by atoms with E-state index in [1.54, 1.807) is 16.6 Å². The van der Waals surface area contributed by atoms with E-state index < -0.39 is 5.97 Å². The Kier molecular flexibility index (Phi) is 4.73. The molecule has 0 bridgehead atoms. The van der Waals surface area contributed by atoms with Crippen LogP contribution in [0.2, 0.25) is 0 Å². The number of carboxylic acid groups (broad SMARTS) is 1. The van der Waals surface area contributed by atoms with Crippen molar-refractivity contribution in [3.05, 3.63) is 16.6 Å².